The summed E-state index contributed by atoms with van der Waals surface area (Å²) in [4.78, 5) is 37.9. The number of anilines is 1. The average Bonchev–Trinajstić information content (AvgIpc) is 3.71. The molecule has 0 N–H and O–H groups in total. The monoisotopic (exact) mass is 503 g/mol. The summed E-state index contributed by atoms with van der Waals surface area (Å²) >= 11 is 0. The number of esters is 1. The maximum atomic E-state index is 14.8. The van der Waals surface area contributed by atoms with Gasteiger partial charge in [-0.2, -0.15) is 0 Å². The van der Waals surface area contributed by atoms with Crippen LogP contribution in [0.3, 0.4) is 0 Å². The molecule has 7 nitrogen and oxygen atoms in total. The number of furan rings is 1. The second kappa shape index (κ2) is 8.26. The highest BCUT2D eigenvalue weighted by Crippen LogP contribution is 2.62. The molecule has 2 spiro atoms. The molecular weight excluding hydrogens is 478 g/mol. The van der Waals surface area contributed by atoms with E-state index in [0.717, 1.165) is 16.8 Å². The van der Waals surface area contributed by atoms with Crippen LogP contribution in [0.5, 0.6) is 0 Å². The molecule has 1 saturated heterocycles. The summed E-state index contributed by atoms with van der Waals surface area (Å²) in [6.07, 6.45) is 1.59. The molecule has 0 radical (unpaired) electrons. The van der Waals surface area contributed by atoms with Crippen LogP contribution >= 0.6 is 0 Å². The first-order chi connectivity index (χ1) is 18.6. The van der Waals surface area contributed by atoms with E-state index in [4.69, 9.17) is 14.1 Å². The fraction of sp³-hybridized carbons (Fsp3) is 0.194. The number of para-hydroxylation sites is 1. The van der Waals surface area contributed by atoms with Crippen molar-refractivity contribution in [3.63, 3.8) is 0 Å². The summed E-state index contributed by atoms with van der Waals surface area (Å²) in [5.41, 5.74) is 0.191. The highest BCUT2D eigenvalue weighted by atomic mass is 16.6. The zero-order valence-corrected chi connectivity index (χ0v) is 20.8. The molecule has 3 aromatic carbocycles. The lowest BCUT2D eigenvalue weighted by Crippen LogP contribution is -2.62. The van der Waals surface area contributed by atoms with Gasteiger partial charge in [-0.15, -0.1) is 0 Å². The minimum Gasteiger partial charge on any atom is -0.469 e. The minimum absolute atomic E-state index is 0.200. The average molecular weight is 504 g/mol. The van der Waals surface area contributed by atoms with Crippen LogP contribution in [0.4, 0.5) is 5.69 Å². The lowest BCUT2D eigenvalue weighted by atomic mass is 9.68. The molecule has 188 valence electrons. The van der Waals surface area contributed by atoms with E-state index in [-0.39, 0.29) is 11.8 Å². The largest absolute Gasteiger partial charge is 0.469 e. The van der Waals surface area contributed by atoms with Crippen LogP contribution < -0.4 is 4.90 Å². The second-order valence-corrected chi connectivity index (χ2v) is 9.99. The van der Waals surface area contributed by atoms with Gasteiger partial charge in [-0.25, -0.2) is 9.79 Å². The van der Waals surface area contributed by atoms with Gasteiger partial charge in [0, 0.05) is 23.4 Å². The van der Waals surface area contributed by atoms with Gasteiger partial charge in [0.15, 0.2) is 5.54 Å². The van der Waals surface area contributed by atoms with Crippen LogP contribution in [-0.4, -0.2) is 41.8 Å². The van der Waals surface area contributed by atoms with Crippen LogP contribution in [0, 0.1) is 0 Å². The number of nitrogens with zero attached hydrogens (tertiary/aromatic N) is 3. The van der Waals surface area contributed by atoms with Gasteiger partial charge in [-0.05, 0) is 42.9 Å². The summed E-state index contributed by atoms with van der Waals surface area (Å²) < 4.78 is 11.8. The number of rotatable bonds is 4. The van der Waals surface area contributed by atoms with Crippen LogP contribution in [0.1, 0.15) is 28.4 Å². The number of aliphatic imine (C=N–C) groups is 1. The number of fused-ring (bicyclic) bond motifs is 3. The first kappa shape index (κ1) is 22.7. The third kappa shape index (κ3) is 2.85. The third-order valence-electron chi connectivity index (χ3n) is 8.09. The van der Waals surface area contributed by atoms with E-state index in [1.165, 1.54) is 0 Å². The number of ether oxygens (including phenoxy) is 1. The zero-order valence-electron chi connectivity index (χ0n) is 20.8. The van der Waals surface area contributed by atoms with E-state index >= 15 is 0 Å². The van der Waals surface area contributed by atoms with Crippen molar-refractivity contribution in [2.45, 2.75) is 23.5 Å². The molecule has 1 amide bonds. The number of hydrogen-bond acceptors (Lipinski definition) is 6. The van der Waals surface area contributed by atoms with Gasteiger partial charge in [-0.3, -0.25) is 9.69 Å². The Bertz CT molecular complexity index is 1570. The van der Waals surface area contributed by atoms with E-state index < -0.39 is 23.0 Å². The Hall–Kier alpha value is -4.49. The maximum absolute atomic E-state index is 14.8. The molecule has 0 bridgehead atoms. The number of amides is 1. The number of cyclic esters (lactones) is 1. The molecule has 0 saturated carbocycles. The van der Waals surface area contributed by atoms with E-state index in [1.807, 2.05) is 103 Å². The SMILES string of the molecule is CN1C[C@@H](c2ccco2)[C@@]2(N=C(c3ccccc3)OC2=O)[C@@]12C(=O)N(Cc1ccccc1)c1ccccc12. The van der Waals surface area contributed by atoms with E-state index in [2.05, 4.69) is 0 Å². The van der Waals surface area contributed by atoms with Gasteiger partial charge in [0.25, 0.3) is 5.91 Å². The first-order valence-electron chi connectivity index (χ1n) is 12.6. The number of benzene rings is 3. The van der Waals surface area contributed by atoms with Crippen molar-refractivity contribution in [2.24, 2.45) is 4.99 Å². The lowest BCUT2D eigenvalue weighted by Gasteiger charge is -2.39. The lowest BCUT2D eigenvalue weighted by molar-refractivity contribution is -0.148. The summed E-state index contributed by atoms with van der Waals surface area (Å²) in [6, 6.07) is 30.5. The van der Waals surface area contributed by atoms with Crippen molar-refractivity contribution >= 4 is 23.5 Å². The molecule has 4 heterocycles. The highest BCUT2D eigenvalue weighted by Gasteiger charge is 2.78. The number of likely N-dealkylation sites (tertiary alicyclic amines) is 1. The molecule has 38 heavy (non-hydrogen) atoms. The van der Waals surface area contributed by atoms with Gasteiger partial charge in [0.1, 0.15) is 5.76 Å². The van der Waals surface area contributed by atoms with Gasteiger partial charge in [-0.1, -0.05) is 66.7 Å². The molecule has 7 rings (SSSR count). The Kier molecular flexibility index (Phi) is 4.93. The Balaban J connectivity index is 1.48. The smallest absolute Gasteiger partial charge is 0.344 e. The minimum atomic E-state index is -1.58. The predicted octanol–water partition coefficient (Wildman–Crippen LogP) is 4.49. The van der Waals surface area contributed by atoms with Crippen molar-refractivity contribution in [3.05, 3.63) is 126 Å². The Morgan fingerprint density at radius 1 is 0.895 bits per heavy atom. The predicted molar refractivity (Wildman–Crippen MR) is 142 cm³/mol. The molecule has 0 unspecified atom stereocenters. The van der Waals surface area contributed by atoms with Crippen molar-refractivity contribution in [1.82, 2.24) is 4.90 Å². The Labute approximate surface area is 220 Å². The van der Waals surface area contributed by atoms with Crippen LogP contribution in [0.15, 0.2) is 113 Å². The van der Waals surface area contributed by atoms with Gasteiger partial charge in [0.05, 0.1) is 18.7 Å². The van der Waals surface area contributed by atoms with Crippen LogP contribution in [-0.2, 0) is 26.4 Å². The highest BCUT2D eigenvalue weighted by molar-refractivity contribution is 6.17. The topological polar surface area (TPSA) is 75.3 Å². The maximum Gasteiger partial charge on any atom is 0.344 e. The normalized spacial score (nSPS) is 26.3. The molecule has 3 aliphatic heterocycles. The first-order valence-corrected chi connectivity index (χ1v) is 12.6. The summed E-state index contributed by atoms with van der Waals surface area (Å²) in [7, 11) is 1.88. The van der Waals surface area contributed by atoms with Gasteiger partial charge < -0.3 is 14.1 Å². The molecule has 7 heteroatoms. The quantitative estimate of drug-likeness (QED) is 0.384. The standard InChI is InChI=1S/C31H25N3O4/c1-33-20-24(26-17-10-18-37-26)30(29(36)38-27(32-30)22-13-6-3-7-14-22)31(33)23-15-8-9-16-25(23)34(28(31)35)19-21-11-4-2-5-12-21/h2-18,24H,19-20H2,1H3/t24-,30-,31+/m0/s1. The van der Waals surface area contributed by atoms with Crippen molar-refractivity contribution in [3.8, 4) is 0 Å². The molecule has 4 aromatic rings. The number of likely N-dealkylation sites (N-methyl/N-ethyl adjacent to an activating group) is 1. The fourth-order valence-electron chi connectivity index (χ4n) is 6.51. The van der Waals surface area contributed by atoms with Crippen molar-refractivity contribution in [2.75, 3.05) is 18.5 Å². The molecule has 0 aliphatic carbocycles. The second-order valence-electron chi connectivity index (χ2n) is 9.99. The molecular formula is C31H25N3O4. The van der Waals surface area contributed by atoms with E-state index in [1.54, 1.807) is 17.2 Å². The Morgan fingerprint density at radius 2 is 1.61 bits per heavy atom. The van der Waals surface area contributed by atoms with Gasteiger partial charge in [0.2, 0.25) is 11.4 Å². The van der Waals surface area contributed by atoms with E-state index in [0.29, 0.717) is 24.4 Å². The zero-order chi connectivity index (χ0) is 25.9. The van der Waals surface area contributed by atoms with Crippen LogP contribution in [0.25, 0.3) is 0 Å². The van der Waals surface area contributed by atoms with Crippen LogP contribution in [0.2, 0.25) is 0 Å². The van der Waals surface area contributed by atoms with E-state index in [9.17, 15) is 9.59 Å². The Morgan fingerprint density at radius 3 is 2.34 bits per heavy atom. The van der Waals surface area contributed by atoms with Crippen molar-refractivity contribution < 1.29 is 18.7 Å². The summed E-state index contributed by atoms with van der Waals surface area (Å²) in [5, 5.41) is 0. The summed E-state index contributed by atoms with van der Waals surface area (Å²) in [6.45, 7) is 0.755. The molecule has 3 atom stereocenters. The summed E-state index contributed by atoms with van der Waals surface area (Å²) in [5.74, 6) is -0.477. The third-order valence-corrected chi connectivity index (χ3v) is 8.09. The number of carbonyl (C=O) groups excluding carboxylic acids is 2. The van der Waals surface area contributed by atoms with Crippen molar-refractivity contribution in [1.29, 1.82) is 0 Å². The molecule has 1 fully saturated rings. The molecule has 1 aromatic heterocycles. The molecule has 3 aliphatic rings. The number of carbonyl (C=O) groups is 2. The number of hydrogen-bond donors (Lipinski definition) is 0. The van der Waals surface area contributed by atoms with Gasteiger partial charge >= 0.3 is 5.97 Å². The fourth-order valence-corrected chi connectivity index (χ4v) is 6.51.